The highest BCUT2D eigenvalue weighted by Gasteiger charge is 2.20. The lowest BCUT2D eigenvalue weighted by Crippen LogP contribution is -1.99. The van der Waals surface area contributed by atoms with E-state index in [-0.39, 0.29) is 0 Å². The standard InChI is InChI=1S/C48H32N2/c1-3-16-33(17-4-1)36-20-7-8-22-38(36)41-25-15-29-46-48(41)42-24-11-14-28-45(42)49(46)35-30-31-40-39-23-10-13-27-44(39)50(47(40)32-35)43-26-12-9-21-37(43)34-18-5-2-6-19-34/h1-32H. The number of rotatable bonds is 5. The molecule has 0 saturated heterocycles. The molecule has 0 radical (unpaired) electrons. The van der Waals surface area contributed by atoms with Crippen molar-refractivity contribution in [2.45, 2.75) is 0 Å². The Morgan fingerprint density at radius 1 is 0.280 bits per heavy atom. The van der Waals surface area contributed by atoms with E-state index >= 15 is 0 Å². The lowest BCUT2D eigenvalue weighted by molar-refractivity contribution is 1.16. The zero-order valence-electron chi connectivity index (χ0n) is 27.4. The lowest BCUT2D eigenvalue weighted by Gasteiger charge is -2.15. The van der Waals surface area contributed by atoms with Crippen LogP contribution in [0.1, 0.15) is 0 Å². The summed E-state index contributed by atoms with van der Waals surface area (Å²) in [5, 5.41) is 5.00. The van der Waals surface area contributed by atoms with E-state index in [2.05, 4.69) is 203 Å². The molecular weight excluding hydrogens is 605 g/mol. The van der Waals surface area contributed by atoms with Gasteiger partial charge in [0.15, 0.2) is 0 Å². The van der Waals surface area contributed by atoms with Gasteiger partial charge in [-0.25, -0.2) is 0 Å². The van der Waals surface area contributed by atoms with Gasteiger partial charge in [-0.1, -0.05) is 158 Å². The first-order valence-corrected chi connectivity index (χ1v) is 17.2. The zero-order valence-corrected chi connectivity index (χ0v) is 27.4. The molecule has 0 aliphatic heterocycles. The molecule has 0 unspecified atom stereocenters. The van der Waals surface area contributed by atoms with Crippen molar-refractivity contribution >= 4 is 43.6 Å². The van der Waals surface area contributed by atoms with E-state index in [9.17, 15) is 0 Å². The number of benzene rings is 8. The van der Waals surface area contributed by atoms with Gasteiger partial charge in [0.2, 0.25) is 0 Å². The van der Waals surface area contributed by atoms with Crippen LogP contribution >= 0.6 is 0 Å². The molecule has 0 fully saturated rings. The molecule has 2 heterocycles. The molecule has 0 bridgehead atoms. The molecule has 10 rings (SSSR count). The zero-order chi connectivity index (χ0) is 33.0. The lowest BCUT2D eigenvalue weighted by atomic mass is 9.92. The summed E-state index contributed by atoms with van der Waals surface area (Å²) < 4.78 is 4.90. The fourth-order valence-corrected chi connectivity index (χ4v) is 8.00. The molecule has 0 atom stereocenters. The minimum atomic E-state index is 1.14. The van der Waals surface area contributed by atoms with Gasteiger partial charge in [-0.3, -0.25) is 0 Å². The smallest absolute Gasteiger partial charge is 0.0562 e. The van der Waals surface area contributed by atoms with Gasteiger partial charge < -0.3 is 9.13 Å². The van der Waals surface area contributed by atoms with E-state index in [0.29, 0.717) is 0 Å². The second-order valence-electron chi connectivity index (χ2n) is 12.9. The normalized spacial score (nSPS) is 11.6. The van der Waals surface area contributed by atoms with Crippen molar-refractivity contribution in [3.63, 3.8) is 0 Å². The maximum absolute atomic E-state index is 2.45. The predicted octanol–water partition coefficient (Wildman–Crippen LogP) is 12.9. The first-order valence-electron chi connectivity index (χ1n) is 17.2. The van der Waals surface area contributed by atoms with Crippen molar-refractivity contribution in [1.82, 2.24) is 9.13 Å². The summed E-state index contributed by atoms with van der Waals surface area (Å²) in [7, 11) is 0. The monoisotopic (exact) mass is 636 g/mol. The minimum absolute atomic E-state index is 1.14. The summed E-state index contributed by atoms with van der Waals surface area (Å²) in [6.45, 7) is 0. The van der Waals surface area contributed by atoms with Crippen LogP contribution in [0.3, 0.4) is 0 Å². The molecule has 0 saturated carbocycles. The second kappa shape index (κ2) is 11.5. The van der Waals surface area contributed by atoms with E-state index in [4.69, 9.17) is 0 Å². The van der Waals surface area contributed by atoms with Gasteiger partial charge in [-0.05, 0) is 64.2 Å². The largest absolute Gasteiger partial charge is 0.309 e. The Balaban J connectivity index is 1.26. The van der Waals surface area contributed by atoms with Gasteiger partial charge in [0.1, 0.15) is 0 Å². The van der Waals surface area contributed by atoms with E-state index in [1.807, 2.05) is 0 Å². The van der Waals surface area contributed by atoms with Crippen LogP contribution < -0.4 is 0 Å². The third-order valence-electron chi connectivity index (χ3n) is 10.1. The van der Waals surface area contributed by atoms with Crippen molar-refractivity contribution in [3.8, 4) is 44.8 Å². The molecule has 2 nitrogen and oxygen atoms in total. The van der Waals surface area contributed by atoms with Crippen LogP contribution in [-0.4, -0.2) is 9.13 Å². The van der Waals surface area contributed by atoms with Crippen LogP contribution in [0.5, 0.6) is 0 Å². The van der Waals surface area contributed by atoms with Crippen molar-refractivity contribution in [1.29, 1.82) is 0 Å². The van der Waals surface area contributed by atoms with Gasteiger partial charge in [-0.2, -0.15) is 0 Å². The summed E-state index contributed by atoms with van der Waals surface area (Å²) in [5.41, 5.74) is 14.4. The van der Waals surface area contributed by atoms with E-state index in [1.165, 1.54) is 82.7 Å². The van der Waals surface area contributed by atoms with Crippen LogP contribution in [0, 0.1) is 0 Å². The van der Waals surface area contributed by atoms with Gasteiger partial charge in [-0.15, -0.1) is 0 Å². The maximum Gasteiger partial charge on any atom is 0.0562 e. The van der Waals surface area contributed by atoms with Crippen molar-refractivity contribution in [2.24, 2.45) is 0 Å². The average Bonchev–Trinajstić information content (AvgIpc) is 3.71. The van der Waals surface area contributed by atoms with Crippen LogP contribution in [0.4, 0.5) is 0 Å². The van der Waals surface area contributed by atoms with Crippen LogP contribution in [0.2, 0.25) is 0 Å². The van der Waals surface area contributed by atoms with Crippen LogP contribution in [0.25, 0.3) is 88.4 Å². The molecule has 2 heteroatoms. The summed E-state index contributed by atoms with van der Waals surface area (Å²) in [5.74, 6) is 0. The molecular formula is C48H32N2. The number of hydrogen-bond acceptors (Lipinski definition) is 0. The Labute approximate surface area is 290 Å². The van der Waals surface area contributed by atoms with Gasteiger partial charge in [0.05, 0.1) is 27.8 Å². The number of nitrogens with zero attached hydrogens (tertiary/aromatic N) is 2. The number of hydrogen-bond donors (Lipinski definition) is 0. The van der Waals surface area contributed by atoms with E-state index < -0.39 is 0 Å². The van der Waals surface area contributed by atoms with Crippen molar-refractivity contribution in [3.05, 3.63) is 194 Å². The summed E-state index contributed by atoms with van der Waals surface area (Å²) in [6, 6.07) is 70.3. The van der Waals surface area contributed by atoms with Gasteiger partial charge in [0, 0.05) is 32.8 Å². The van der Waals surface area contributed by atoms with Gasteiger partial charge >= 0.3 is 0 Å². The molecule has 2 aromatic heterocycles. The first kappa shape index (κ1) is 28.4. The molecule has 234 valence electrons. The molecule has 0 aliphatic rings. The average molecular weight is 637 g/mol. The molecule has 0 spiro atoms. The summed E-state index contributed by atoms with van der Waals surface area (Å²) in [6.07, 6.45) is 0. The number of aromatic nitrogens is 2. The Morgan fingerprint density at radius 3 is 1.56 bits per heavy atom. The Morgan fingerprint density at radius 2 is 0.800 bits per heavy atom. The third kappa shape index (κ3) is 4.36. The second-order valence-corrected chi connectivity index (χ2v) is 12.9. The van der Waals surface area contributed by atoms with Crippen molar-refractivity contribution in [2.75, 3.05) is 0 Å². The summed E-state index contributed by atoms with van der Waals surface area (Å²) in [4.78, 5) is 0. The number of fused-ring (bicyclic) bond motifs is 6. The Kier molecular flexibility index (Phi) is 6.53. The van der Waals surface area contributed by atoms with Crippen LogP contribution in [-0.2, 0) is 0 Å². The quantitative estimate of drug-likeness (QED) is 0.178. The van der Waals surface area contributed by atoms with Crippen LogP contribution in [0.15, 0.2) is 194 Å². The first-order chi connectivity index (χ1) is 24.8. The minimum Gasteiger partial charge on any atom is -0.309 e. The topological polar surface area (TPSA) is 9.86 Å². The predicted molar refractivity (Wildman–Crippen MR) is 211 cm³/mol. The fraction of sp³-hybridized carbons (Fsp3) is 0. The molecule has 10 aromatic rings. The molecule has 50 heavy (non-hydrogen) atoms. The number of para-hydroxylation sites is 3. The highest BCUT2D eigenvalue weighted by molar-refractivity contribution is 6.17. The third-order valence-corrected chi connectivity index (χ3v) is 10.1. The summed E-state index contributed by atoms with van der Waals surface area (Å²) >= 11 is 0. The van der Waals surface area contributed by atoms with E-state index in [0.717, 1.165) is 5.69 Å². The Bertz CT molecular complexity index is 2860. The van der Waals surface area contributed by atoms with E-state index in [1.54, 1.807) is 0 Å². The molecule has 0 N–H and O–H groups in total. The maximum atomic E-state index is 2.45. The Hall–Kier alpha value is -6.64. The fourth-order valence-electron chi connectivity index (χ4n) is 8.00. The molecule has 0 amide bonds. The SMILES string of the molecule is c1ccc(-c2ccccc2-c2cccc3c2c2ccccc2n3-c2ccc3c4ccccc4n(-c4ccccc4-c4ccccc4)c3c2)cc1. The van der Waals surface area contributed by atoms with Gasteiger partial charge in [0.25, 0.3) is 0 Å². The molecule has 8 aromatic carbocycles. The molecule has 0 aliphatic carbocycles. The highest BCUT2D eigenvalue weighted by Crippen LogP contribution is 2.43. The van der Waals surface area contributed by atoms with Crippen molar-refractivity contribution < 1.29 is 0 Å². The highest BCUT2D eigenvalue weighted by atomic mass is 15.0.